The maximum Gasteiger partial charge on any atom is 0.308 e. The van der Waals surface area contributed by atoms with Crippen LogP contribution in [-0.2, 0) is 16.0 Å². The lowest BCUT2D eigenvalue weighted by atomic mass is 9.98. The molecular weight excluding hydrogens is 278 g/mol. The first-order valence-corrected chi connectivity index (χ1v) is 8.08. The van der Waals surface area contributed by atoms with Crippen LogP contribution in [0.1, 0.15) is 38.7 Å². The molecule has 1 amide bonds. The molecule has 1 fully saturated rings. The van der Waals surface area contributed by atoms with E-state index in [-0.39, 0.29) is 17.9 Å². The number of aliphatic carboxylic acids is 1. The summed E-state index contributed by atoms with van der Waals surface area (Å²) >= 11 is 0. The normalized spacial score (nSPS) is 22.5. The second kappa shape index (κ2) is 7.43. The Kier molecular flexibility index (Phi) is 5.58. The van der Waals surface area contributed by atoms with Crippen LogP contribution in [0.4, 0.5) is 0 Å². The van der Waals surface area contributed by atoms with Crippen LogP contribution < -0.4 is 0 Å². The minimum Gasteiger partial charge on any atom is -0.481 e. The fourth-order valence-electron chi connectivity index (χ4n) is 3.24. The molecule has 1 N–H and O–H groups in total. The average Bonchev–Trinajstić information content (AvgIpc) is 2.89. The van der Waals surface area contributed by atoms with E-state index in [9.17, 15) is 9.59 Å². The van der Waals surface area contributed by atoms with E-state index >= 15 is 0 Å². The Labute approximate surface area is 132 Å². The summed E-state index contributed by atoms with van der Waals surface area (Å²) in [6.45, 7) is 4.37. The maximum absolute atomic E-state index is 12.5. The molecule has 0 radical (unpaired) electrons. The second-order valence-electron chi connectivity index (χ2n) is 6.28. The van der Waals surface area contributed by atoms with Crippen LogP contribution in [-0.4, -0.2) is 34.5 Å². The molecular formula is C18H25NO3. The van der Waals surface area contributed by atoms with Crippen LogP contribution >= 0.6 is 0 Å². The molecule has 3 unspecified atom stereocenters. The number of carbonyl (C=O) groups is 2. The summed E-state index contributed by atoms with van der Waals surface area (Å²) in [4.78, 5) is 25.4. The number of hydrogen-bond donors (Lipinski definition) is 1. The van der Waals surface area contributed by atoms with Gasteiger partial charge in [-0.1, -0.05) is 37.3 Å². The molecule has 1 saturated heterocycles. The van der Waals surface area contributed by atoms with Gasteiger partial charge in [0.05, 0.1) is 5.92 Å². The number of amides is 1. The third-order valence-corrected chi connectivity index (χ3v) is 4.72. The highest BCUT2D eigenvalue weighted by atomic mass is 16.4. The van der Waals surface area contributed by atoms with Crippen LogP contribution in [0.5, 0.6) is 0 Å². The summed E-state index contributed by atoms with van der Waals surface area (Å²) < 4.78 is 0. The van der Waals surface area contributed by atoms with Crippen molar-refractivity contribution in [2.24, 2.45) is 11.8 Å². The van der Waals surface area contributed by atoms with Crippen molar-refractivity contribution in [3.63, 3.8) is 0 Å². The molecule has 0 spiro atoms. The summed E-state index contributed by atoms with van der Waals surface area (Å²) in [5.41, 5.74) is 1.29. The van der Waals surface area contributed by atoms with Gasteiger partial charge in [-0.15, -0.1) is 0 Å². The average molecular weight is 303 g/mol. The molecule has 0 aromatic heterocycles. The van der Waals surface area contributed by atoms with Crippen LogP contribution in [0.15, 0.2) is 30.3 Å². The lowest BCUT2D eigenvalue weighted by Crippen LogP contribution is -2.40. The van der Waals surface area contributed by atoms with Crippen LogP contribution in [0.2, 0.25) is 0 Å². The minimum atomic E-state index is -0.792. The standard InChI is InChI=1S/C18H25NO3/c1-13(7-6-10-15-8-4-3-5-9-15)17(20)19-12-11-16(14(19)2)18(21)22/h3-5,8-9,13-14,16H,6-7,10-12H2,1-2H3,(H,21,22). The summed E-state index contributed by atoms with van der Waals surface area (Å²) in [7, 11) is 0. The van der Waals surface area contributed by atoms with Gasteiger partial charge in [-0.25, -0.2) is 0 Å². The lowest BCUT2D eigenvalue weighted by molar-refractivity contribution is -0.143. The van der Waals surface area contributed by atoms with Gasteiger partial charge < -0.3 is 10.0 Å². The zero-order chi connectivity index (χ0) is 16.1. The Hall–Kier alpha value is -1.84. The molecule has 2 rings (SSSR count). The smallest absolute Gasteiger partial charge is 0.308 e. The molecule has 0 saturated carbocycles. The van der Waals surface area contributed by atoms with Crippen molar-refractivity contribution in [1.82, 2.24) is 4.90 Å². The van der Waals surface area contributed by atoms with Gasteiger partial charge in [0.2, 0.25) is 5.91 Å². The number of aryl methyl sites for hydroxylation is 1. The van der Waals surface area contributed by atoms with Gasteiger partial charge in [0.15, 0.2) is 0 Å². The third kappa shape index (κ3) is 3.87. The monoisotopic (exact) mass is 303 g/mol. The Morgan fingerprint density at radius 1 is 1.32 bits per heavy atom. The van der Waals surface area contributed by atoms with E-state index in [4.69, 9.17) is 5.11 Å². The molecule has 120 valence electrons. The summed E-state index contributed by atoms with van der Waals surface area (Å²) in [5, 5.41) is 9.15. The number of carboxylic acids is 1. The quantitative estimate of drug-likeness (QED) is 0.879. The van der Waals surface area contributed by atoms with E-state index in [1.165, 1.54) is 5.56 Å². The fourth-order valence-corrected chi connectivity index (χ4v) is 3.24. The van der Waals surface area contributed by atoms with E-state index in [1.807, 2.05) is 32.0 Å². The molecule has 3 atom stereocenters. The lowest BCUT2D eigenvalue weighted by Gasteiger charge is -2.26. The summed E-state index contributed by atoms with van der Waals surface area (Å²) in [6.07, 6.45) is 3.36. The van der Waals surface area contributed by atoms with Crippen LogP contribution in [0, 0.1) is 11.8 Å². The van der Waals surface area contributed by atoms with Gasteiger partial charge in [0.1, 0.15) is 0 Å². The fraction of sp³-hybridized carbons (Fsp3) is 0.556. The van der Waals surface area contributed by atoms with E-state index < -0.39 is 11.9 Å². The van der Waals surface area contributed by atoms with Crippen molar-refractivity contribution in [1.29, 1.82) is 0 Å². The third-order valence-electron chi connectivity index (χ3n) is 4.72. The zero-order valence-electron chi connectivity index (χ0n) is 13.4. The molecule has 0 bridgehead atoms. The second-order valence-corrected chi connectivity index (χ2v) is 6.28. The number of hydrogen-bond acceptors (Lipinski definition) is 2. The largest absolute Gasteiger partial charge is 0.481 e. The van der Waals surface area contributed by atoms with Crippen molar-refractivity contribution >= 4 is 11.9 Å². The van der Waals surface area contributed by atoms with Gasteiger partial charge in [-0.2, -0.15) is 0 Å². The van der Waals surface area contributed by atoms with Crippen molar-refractivity contribution in [2.75, 3.05) is 6.54 Å². The highest BCUT2D eigenvalue weighted by molar-refractivity contribution is 5.81. The van der Waals surface area contributed by atoms with Crippen molar-refractivity contribution in [3.05, 3.63) is 35.9 Å². The van der Waals surface area contributed by atoms with E-state index in [2.05, 4.69) is 12.1 Å². The summed E-state index contributed by atoms with van der Waals surface area (Å²) in [5.74, 6) is -1.15. The molecule has 22 heavy (non-hydrogen) atoms. The van der Waals surface area contributed by atoms with Gasteiger partial charge in [0.25, 0.3) is 0 Å². The zero-order valence-corrected chi connectivity index (χ0v) is 13.4. The maximum atomic E-state index is 12.5. The molecule has 1 aliphatic rings. The highest BCUT2D eigenvalue weighted by Crippen LogP contribution is 2.27. The molecule has 0 aliphatic carbocycles. The van der Waals surface area contributed by atoms with Gasteiger partial charge in [-0.05, 0) is 38.2 Å². The van der Waals surface area contributed by atoms with Gasteiger partial charge in [-0.3, -0.25) is 9.59 Å². The first-order chi connectivity index (χ1) is 10.5. The van der Waals surface area contributed by atoms with Crippen LogP contribution in [0.3, 0.4) is 0 Å². The Morgan fingerprint density at radius 2 is 2.00 bits per heavy atom. The van der Waals surface area contributed by atoms with E-state index in [0.29, 0.717) is 13.0 Å². The number of carboxylic acid groups (broad SMARTS) is 1. The number of nitrogens with zero attached hydrogens (tertiary/aromatic N) is 1. The molecule has 4 nitrogen and oxygen atoms in total. The number of rotatable bonds is 6. The van der Waals surface area contributed by atoms with Gasteiger partial charge in [0, 0.05) is 18.5 Å². The van der Waals surface area contributed by atoms with E-state index in [1.54, 1.807) is 4.90 Å². The van der Waals surface area contributed by atoms with Gasteiger partial charge >= 0.3 is 5.97 Å². The first-order valence-electron chi connectivity index (χ1n) is 8.08. The molecule has 1 aromatic carbocycles. The van der Waals surface area contributed by atoms with Crippen molar-refractivity contribution in [3.8, 4) is 0 Å². The van der Waals surface area contributed by atoms with E-state index in [0.717, 1.165) is 19.3 Å². The van der Waals surface area contributed by atoms with Crippen molar-refractivity contribution < 1.29 is 14.7 Å². The molecule has 1 aromatic rings. The Morgan fingerprint density at radius 3 is 2.59 bits per heavy atom. The minimum absolute atomic E-state index is 0.0429. The Bertz CT molecular complexity index is 514. The highest BCUT2D eigenvalue weighted by Gasteiger charge is 2.39. The number of likely N-dealkylation sites (tertiary alicyclic amines) is 1. The molecule has 4 heteroatoms. The van der Waals surface area contributed by atoms with Crippen LogP contribution in [0.25, 0.3) is 0 Å². The topological polar surface area (TPSA) is 57.6 Å². The number of benzene rings is 1. The number of carbonyl (C=O) groups excluding carboxylic acids is 1. The molecule has 1 aliphatic heterocycles. The predicted octanol–water partition coefficient (Wildman–Crippen LogP) is 2.97. The Balaban J connectivity index is 1.81. The SMILES string of the molecule is CC(CCCc1ccccc1)C(=O)N1CCC(C(=O)O)C1C. The van der Waals surface area contributed by atoms with Crippen molar-refractivity contribution in [2.45, 2.75) is 45.6 Å². The molecule has 1 heterocycles. The predicted molar refractivity (Wildman–Crippen MR) is 85.5 cm³/mol. The summed E-state index contributed by atoms with van der Waals surface area (Å²) in [6, 6.07) is 10.1. The first kappa shape index (κ1) is 16.5.